The quantitative estimate of drug-likeness (QED) is 0.747. The Labute approximate surface area is 118 Å². The van der Waals surface area contributed by atoms with Gasteiger partial charge in [-0.25, -0.2) is 0 Å². The fourth-order valence-corrected chi connectivity index (χ4v) is 3.15. The van der Waals surface area contributed by atoms with Gasteiger partial charge in [-0.05, 0) is 23.9 Å². The van der Waals surface area contributed by atoms with E-state index in [1.165, 1.54) is 0 Å². The van der Waals surface area contributed by atoms with E-state index in [1.54, 1.807) is 17.5 Å². The van der Waals surface area contributed by atoms with Gasteiger partial charge in [-0.1, -0.05) is 5.16 Å². The first-order valence-electron chi connectivity index (χ1n) is 6.38. The van der Waals surface area contributed by atoms with Crippen molar-refractivity contribution >= 4 is 21.6 Å². The number of rotatable bonds is 2. The van der Waals surface area contributed by atoms with Crippen molar-refractivity contribution < 1.29 is 9.63 Å². The summed E-state index contributed by atoms with van der Waals surface area (Å²) in [5.41, 5.74) is 1.82. The molecule has 6 nitrogen and oxygen atoms in total. The summed E-state index contributed by atoms with van der Waals surface area (Å²) < 4.78 is 6.39. The molecule has 0 aliphatic carbocycles. The number of aromatic nitrogens is 3. The number of fused-ring (bicyclic) bond motifs is 1. The average molecular weight is 288 g/mol. The molecule has 3 aromatic heterocycles. The second-order valence-corrected chi connectivity index (χ2v) is 5.78. The Hall–Kier alpha value is -1.83. The van der Waals surface area contributed by atoms with Gasteiger partial charge in [0.2, 0.25) is 11.7 Å². The van der Waals surface area contributed by atoms with Crippen LogP contribution in [0.2, 0.25) is 0 Å². The van der Waals surface area contributed by atoms with Gasteiger partial charge < -0.3 is 14.9 Å². The predicted molar refractivity (Wildman–Crippen MR) is 74.3 cm³/mol. The summed E-state index contributed by atoms with van der Waals surface area (Å²) in [7, 11) is 0. The van der Waals surface area contributed by atoms with Crippen LogP contribution in [0.25, 0.3) is 21.6 Å². The molecular formula is C13H12N4O2S. The van der Waals surface area contributed by atoms with E-state index in [9.17, 15) is 5.11 Å². The maximum Gasteiger partial charge on any atom is 0.244 e. The van der Waals surface area contributed by atoms with Crippen LogP contribution in [-0.4, -0.2) is 32.9 Å². The molecule has 1 fully saturated rings. The van der Waals surface area contributed by atoms with Crippen molar-refractivity contribution in [2.75, 3.05) is 6.54 Å². The Kier molecular flexibility index (Phi) is 2.76. The van der Waals surface area contributed by atoms with Crippen LogP contribution in [0, 0.1) is 0 Å². The lowest BCUT2D eigenvalue weighted by molar-refractivity contribution is 0.191. The molecule has 1 aliphatic rings. The maximum atomic E-state index is 9.52. The molecule has 0 spiro atoms. The summed E-state index contributed by atoms with van der Waals surface area (Å²) in [6, 6.07) is 3.93. The number of pyridine rings is 1. The minimum Gasteiger partial charge on any atom is -0.392 e. The van der Waals surface area contributed by atoms with E-state index in [1.807, 2.05) is 17.5 Å². The van der Waals surface area contributed by atoms with E-state index in [0.29, 0.717) is 24.7 Å². The van der Waals surface area contributed by atoms with Crippen molar-refractivity contribution in [3.63, 3.8) is 0 Å². The van der Waals surface area contributed by atoms with Gasteiger partial charge >= 0.3 is 0 Å². The minimum absolute atomic E-state index is 0.0651. The average Bonchev–Trinajstić information content (AvgIpc) is 3.17. The molecule has 3 aromatic rings. The summed E-state index contributed by atoms with van der Waals surface area (Å²) >= 11 is 1.63. The molecule has 2 N–H and O–H groups in total. The summed E-state index contributed by atoms with van der Waals surface area (Å²) in [4.78, 5) is 8.77. The van der Waals surface area contributed by atoms with Crippen LogP contribution in [0.3, 0.4) is 0 Å². The first kappa shape index (κ1) is 12.0. The number of nitrogens with one attached hydrogen (secondary N) is 1. The molecule has 102 valence electrons. The molecule has 0 unspecified atom stereocenters. The predicted octanol–water partition coefficient (Wildman–Crippen LogP) is 1.74. The zero-order valence-corrected chi connectivity index (χ0v) is 11.3. The summed E-state index contributed by atoms with van der Waals surface area (Å²) in [6.07, 6.45) is 2.00. The van der Waals surface area contributed by atoms with Crippen LogP contribution in [-0.2, 0) is 0 Å². The zero-order chi connectivity index (χ0) is 13.5. The topological polar surface area (TPSA) is 84.1 Å². The number of nitrogens with zero attached hydrogens (tertiary/aromatic N) is 3. The van der Waals surface area contributed by atoms with Gasteiger partial charge in [0, 0.05) is 18.3 Å². The molecule has 1 aliphatic heterocycles. The normalized spacial score (nSPS) is 22.6. The monoisotopic (exact) mass is 288 g/mol. The van der Waals surface area contributed by atoms with Crippen molar-refractivity contribution in [1.82, 2.24) is 20.4 Å². The fourth-order valence-electron chi connectivity index (χ4n) is 2.37. The van der Waals surface area contributed by atoms with Gasteiger partial charge in [-0.15, -0.1) is 11.3 Å². The Balaban J connectivity index is 1.66. The van der Waals surface area contributed by atoms with Crippen molar-refractivity contribution in [2.45, 2.75) is 18.6 Å². The van der Waals surface area contributed by atoms with Gasteiger partial charge in [0.25, 0.3) is 0 Å². The van der Waals surface area contributed by atoms with Gasteiger partial charge in [-0.2, -0.15) is 4.98 Å². The zero-order valence-electron chi connectivity index (χ0n) is 10.5. The first-order valence-corrected chi connectivity index (χ1v) is 7.26. The molecule has 0 bridgehead atoms. The van der Waals surface area contributed by atoms with E-state index < -0.39 is 0 Å². The maximum absolute atomic E-state index is 9.52. The highest BCUT2D eigenvalue weighted by Crippen LogP contribution is 2.27. The molecule has 7 heteroatoms. The molecule has 4 heterocycles. The summed E-state index contributed by atoms with van der Waals surface area (Å²) in [5, 5.41) is 18.7. The molecule has 0 radical (unpaired) electrons. The van der Waals surface area contributed by atoms with Gasteiger partial charge in [0.15, 0.2) is 0 Å². The van der Waals surface area contributed by atoms with E-state index in [0.717, 1.165) is 15.8 Å². The summed E-state index contributed by atoms with van der Waals surface area (Å²) in [5.74, 6) is 1.05. The van der Waals surface area contributed by atoms with Crippen LogP contribution in [0.5, 0.6) is 0 Å². The van der Waals surface area contributed by atoms with Crippen molar-refractivity contribution in [1.29, 1.82) is 0 Å². The highest BCUT2D eigenvalue weighted by molar-refractivity contribution is 7.17. The fraction of sp³-hybridized carbons (Fsp3) is 0.308. The number of hydrogen-bond donors (Lipinski definition) is 2. The second-order valence-electron chi connectivity index (χ2n) is 4.83. The third kappa shape index (κ3) is 2.00. The summed E-state index contributed by atoms with van der Waals surface area (Å²) in [6.45, 7) is 0.561. The number of aliphatic hydroxyl groups is 1. The Morgan fingerprint density at radius 1 is 1.45 bits per heavy atom. The third-order valence-electron chi connectivity index (χ3n) is 3.41. The van der Waals surface area contributed by atoms with E-state index in [4.69, 9.17) is 4.52 Å². The lowest BCUT2D eigenvalue weighted by Gasteiger charge is -2.01. The van der Waals surface area contributed by atoms with Gasteiger partial charge in [0.1, 0.15) is 0 Å². The first-order chi connectivity index (χ1) is 9.79. The number of β-amino-alcohol motifs (C(OH)–C–C–N with tert-alkyl or cyclic N) is 1. The largest absolute Gasteiger partial charge is 0.392 e. The minimum atomic E-state index is -0.348. The van der Waals surface area contributed by atoms with Crippen molar-refractivity contribution in [3.8, 4) is 11.4 Å². The Morgan fingerprint density at radius 3 is 3.25 bits per heavy atom. The van der Waals surface area contributed by atoms with Crippen LogP contribution >= 0.6 is 11.3 Å². The lowest BCUT2D eigenvalue weighted by atomic mass is 10.2. The van der Waals surface area contributed by atoms with Crippen molar-refractivity contribution in [3.05, 3.63) is 29.6 Å². The third-order valence-corrected chi connectivity index (χ3v) is 4.26. The highest BCUT2D eigenvalue weighted by atomic mass is 32.1. The number of hydrogen-bond acceptors (Lipinski definition) is 7. The number of thiophene rings is 1. The SMILES string of the molecule is O[C@H]1CN[C@@H](c2nc(-c3cnc4ccsc4c3)no2)C1. The van der Waals surface area contributed by atoms with Gasteiger partial charge in [0.05, 0.1) is 22.4 Å². The Bertz CT molecular complexity index is 754. The molecule has 4 rings (SSSR count). The smallest absolute Gasteiger partial charge is 0.244 e. The van der Waals surface area contributed by atoms with Crippen molar-refractivity contribution in [2.24, 2.45) is 0 Å². The molecule has 1 saturated heterocycles. The number of aliphatic hydroxyl groups excluding tert-OH is 1. The molecule has 0 amide bonds. The van der Waals surface area contributed by atoms with Gasteiger partial charge in [-0.3, -0.25) is 4.98 Å². The van der Waals surface area contributed by atoms with Crippen LogP contribution < -0.4 is 5.32 Å². The van der Waals surface area contributed by atoms with Crippen LogP contribution in [0.15, 0.2) is 28.2 Å². The molecule has 2 atom stereocenters. The Morgan fingerprint density at radius 2 is 2.40 bits per heavy atom. The molecule has 0 saturated carbocycles. The highest BCUT2D eigenvalue weighted by Gasteiger charge is 2.28. The van der Waals surface area contributed by atoms with E-state index in [-0.39, 0.29) is 12.1 Å². The van der Waals surface area contributed by atoms with Crippen LogP contribution in [0.4, 0.5) is 0 Å². The molecular weight excluding hydrogens is 276 g/mol. The van der Waals surface area contributed by atoms with E-state index in [2.05, 4.69) is 20.4 Å². The standard InChI is InChI=1S/C13H12N4O2S/c18-8-4-10(15-6-8)13-16-12(17-19-13)7-3-11-9(14-5-7)1-2-20-11/h1-3,5,8,10,15,18H,4,6H2/t8-,10-/m1/s1. The molecule has 20 heavy (non-hydrogen) atoms. The van der Waals surface area contributed by atoms with E-state index >= 15 is 0 Å². The second kappa shape index (κ2) is 4.62. The lowest BCUT2D eigenvalue weighted by Crippen LogP contribution is -2.15. The molecule has 0 aromatic carbocycles. The van der Waals surface area contributed by atoms with Crippen LogP contribution in [0.1, 0.15) is 18.4 Å².